The molecule has 0 bridgehead atoms. The zero-order valence-electron chi connectivity index (χ0n) is 11.5. The van der Waals surface area contributed by atoms with Gasteiger partial charge in [0.2, 0.25) is 0 Å². The first kappa shape index (κ1) is 17.1. The average molecular weight is 262 g/mol. The molecule has 0 aromatic rings. The van der Waals surface area contributed by atoms with Crippen molar-refractivity contribution in [2.75, 3.05) is 18.1 Å². The molecule has 0 spiro atoms. The lowest BCUT2D eigenvalue weighted by Gasteiger charge is -2.02. The largest absolute Gasteiger partial charge is 0.395 e. The van der Waals surface area contributed by atoms with Gasteiger partial charge >= 0.3 is 0 Å². The van der Waals surface area contributed by atoms with Gasteiger partial charge in [-0.15, -0.1) is 0 Å². The van der Waals surface area contributed by atoms with Crippen LogP contribution in [0.25, 0.3) is 0 Å². The zero-order chi connectivity index (χ0) is 12.8. The molecule has 0 aliphatic carbocycles. The van der Waals surface area contributed by atoms with Crippen LogP contribution in [0.15, 0.2) is 0 Å². The van der Waals surface area contributed by atoms with Gasteiger partial charge in [-0.25, -0.2) is 0 Å². The van der Waals surface area contributed by atoms with Crippen LogP contribution < -0.4 is 0 Å². The maximum absolute atomic E-state index is 11.2. The minimum Gasteiger partial charge on any atom is -0.395 e. The highest BCUT2D eigenvalue weighted by Gasteiger charge is 1.98. The molecule has 2 nitrogen and oxygen atoms in total. The summed E-state index contributed by atoms with van der Waals surface area (Å²) < 4.78 is 11.2. The number of unbranched alkanes of at least 4 members (excludes halogenated alkanes) is 9. The molecule has 1 atom stereocenters. The molecule has 3 heteroatoms. The summed E-state index contributed by atoms with van der Waals surface area (Å²) in [4.78, 5) is 0. The smallest absolute Gasteiger partial charge is 0.0546 e. The predicted octanol–water partition coefficient (Wildman–Crippen LogP) is 3.65. The van der Waals surface area contributed by atoms with Gasteiger partial charge in [-0.3, -0.25) is 4.21 Å². The van der Waals surface area contributed by atoms with Crippen LogP contribution in [0.1, 0.15) is 71.1 Å². The van der Waals surface area contributed by atoms with E-state index in [1.165, 1.54) is 57.8 Å². The fourth-order valence-electron chi connectivity index (χ4n) is 1.95. The van der Waals surface area contributed by atoms with Crippen molar-refractivity contribution in [2.45, 2.75) is 71.1 Å². The third-order valence-corrected chi connectivity index (χ3v) is 4.43. The molecule has 0 fully saturated rings. The van der Waals surface area contributed by atoms with E-state index in [-0.39, 0.29) is 6.61 Å². The summed E-state index contributed by atoms with van der Waals surface area (Å²) in [7, 11) is -0.783. The molecule has 104 valence electrons. The minimum atomic E-state index is -0.783. The Morgan fingerprint density at radius 3 is 1.71 bits per heavy atom. The molecule has 1 unspecified atom stereocenters. The summed E-state index contributed by atoms with van der Waals surface area (Å²) in [6.45, 7) is 2.31. The molecular formula is C14H30O2S. The molecule has 0 aliphatic rings. The molecule has 0 aromatic carbocycles. The first-order valence-electron chi connectivity index (χ1n) is 7.27. The molecule has 1 N–H and O–H groups in total. The van der Waals surface area contributed by atoms with Crippen LogP contribution in [0, 0.1) is 0 Å². The van der Waals surface area contributed by atoms with E-state index in [0.717, 1.165) is 12.2 Å². The Bertz CT molecular complexity index is 172. The van der Waals surface area contributed by atoms with Gasteiger partial charge in [0.15, 0.2) is 0 Å². The molecule has 0 amide bonds. The molecule has 0 aromatic heterocycles. The van der Waals surface area contributed by atoms with Crippen molar-refractivity contribution in [3.05, 3.63) is 0 Å². The Balaban J connectivity index is 3.01. The summed E-state index contributed by atoms with van der Waals surface area (Å²) in [5.41, 5.74) is 0. The number of hydrogen-bond donors (Lipinski definition) is 1. The molecule has 0 radical (unpaired) electrons. The molecule has 0 aliphatic heterocycles. The number of aliphatic hydroxyl groups is 1. The van der Waals surface area contributed by atoms with Gasteiger partial charge < -0.3 is 5.11 Å². The summed E-state index contributed by atoms with van der Waals surface area (Å²) in [5.74, 6) is 1.23. The van der Waals surface area contributed by atoms with Crippen molar-refractivity contribution in [2.24, 2.45) is 0 Å². The van der Waals surface area contributed by atoms with Crippen LogP contribution in [0.2, 0.25) is 0 Å². The highest BCUT2D eigenvalue weighted by atomic mass is 32.2. The van der Waals surface area contributed by atoms with Crippen LogP contribution in [-0.2, 0) is 10.8 Å². The van der Waals surface area contributed by atoms with Gasteiger partial charge in [0, 0.05) is 22.3 Å². The van der Waals surface area contributed by atoms with Gasteiger partial charge in [-0.05, 0) is 6.42 Å². The first-order chi connectivity index (χ1) is 8.31. The Morgan fingerprint density at radius 1 is 0.765 bits per heavy atom. The van der Waals surface area contributed by atoms with Gasteiger partial charge in [0.05, 0.1) is 6.61 Å². The standard InChI is InChI=1S/C14H30O2S/c1-2-3-4-5-6-7-8-9-10-11-13-17(16)14-12-15/h15H,2-14H2,1H3. The van der Waals surface area contributed by atoms with Crippen LogP contribution in [0.5, 0.6) is 0 Å². The van der Waals surface area contributed by atoms with E-state index >= 15 is 0 Å². The van der Waals surface area contributed by atoms with E-state index in [4.69, 9.17) is 5.11 Å². The first-order valence-corrected chi connectivity index (χ1v) is 8.76. The molecule has 17 heavy (non-hydrogen) atoms. The number of aliphatic hydroxyl groups excluding tert-OH is 1. The second kappa shape index (κ2) is 14.2. The summed E-state index contributed by atoms with van der Waals surface area (Å²) in [6.07, 6.45) is 13.1. The maximum atomic E-state index is 11.2. The number of rotatable bonds is 13. The van der Waals surface area contributed by atoms with Gasteiger partial charge in [0.25, 0.3) is 0 Å². The Labute approximate surface area is 110 Å². The highest BCUT2D eigenvalue weighted by Crippen LogP contribution is 2.10. The van der Waals surface area contributed by atoms with E-state index < -0.39 is 10.8 Å². The molecule has 0 saturated heterocycles. The van der Waals surface area contributed by atoms with E-state index in [1.54, 1.807) is 0 Å². The summed E-state index contributed by atoms with van der Waals surface area (Å²) in [5, 5.41) is 8.60. The van der Waals surface area contributed by atoms with E-state index in [0.29, 0.717) is 5.75 Å². The molecule has 0 saturated carbocycles. The monoisotopic (exact) mass is 262 g/mol. The van der Waals surface area contributed by atoms with Crippen LogP contribution in [0.3, 0.4) is 0 Å². The second-order valence-corrected chi connectivity index (χ2v) is 6.45. The van der Waals surface area contributed by atoms with Crippen molar-refractivity contribution in [1.82, 2.24) is 0 Å². The van der Waals surface area contributed by atoms with Crippen LogP contribution >= 0.6 is 0 Å². The van der Waals surface area contributed by atoms with Crippen LogP contribution in [0.4, 0.5) is 0 Å². The zero-order valence-corrected chi connectivity index (χ0v) is 12.3. The second-order valence-electron chi connectivity index (χ2n) is 4.75. The van der Waals surface area contributed by atoms with Gasteiger partial charge in [-0.2, -0.15) is 0 Å². The fourth-order valence-corrected chi connectivity index (χ4v) is 2.89. The van der Waals surface area contributed by atoms with Gasteiger partial charge in [0.1, 0.15) is 0 Å². The van der Waals surface area contributed by atoms with E-state index in [1.807, 2.05) is 0 Å². The molecule has 0 rings (SSSR count). The van der Waals surface area contributed by atoms with E-state index in [2.05, 4.69) is 6.92 Å². The normalized spacial score (nSPS) is 12.8. The lowest BCUT2D eigenvalue weighted by Crippen LogP contribution is -2.05. The van der Waals surface area contributed by atoms with Crippen LogP contribution in [-0.4, -0.2) is 27.4 Å². The quantitative estimate of drug-likeness (QED) is 0.514. The third-order valence-electron chi connectivity index (χ3n) is 3.04. The van der Waals surface area contributed by atoms with E-state index in [9.17, 15) is 4.21 Å². The topological polar surface area (TPSA) is 37.3 Å². The summed E-state index contributed by atoms with van der Waals surface area (Å²) in [6, 6.07) is 0. The van der Waals surface area contributed by atoms with Crippen molar-refractivity contribution in [3.63, 3.8) is 0 Å². The predicted molar refractivity (Wildman–Crippen MR) is 76.8 cm³/mol. The lowest BCUT2D eigenvalue weighted by atomic mass is 10.1. The average Bonchev–Trinajstić information content (AvgIpc) is 2.32. The SMILES string of the molecule is CCCCCCCCCCCCS(=O)CCO. The van der Waals surface area contributed by atoms with Crippen molar-refractivity contribution < 1.29 is 9.32 Å². The maximum Gasteiger partial charge on any atom is 0.0546 e. The van der Waals surface area contributed by atoms with Crippen molar-refractivity contribution in [1.29, 1.82) is 0 Å². The highest BCUT2D eigenvalue weighted by molar-refractivity contribution is 7.84. The fraction of sp³-hybridized carbons (Fsp3) is 1.00. The Morgan fingerprint density at radius 2 is 1.24 bits per heavy atom. The lowest BCUT2D eigenvalue weighted by molar-refractivity contribution is 0.321. The Kier molecular flexibility index (Phi) is 14.3. The van der Waals surface area contributed by atoms with Crippen molar-refractivity contribution in [3.8, 4) is 0 Å². The molecule has 0 heterocycles. The number of hydrogen-bond acceptors (Lipinski definition) is 2. The third kappa shape index (κ3) is 14.0. The minimum absolute atomic E-state index is 0.0599. The van der Waals surface area contributed by atoms with Gasteiger partial charge in [-0.1, -0.05) is 64.7 Å². The summed E-state index contributed by atoms with van der Waals surface area (Å²) >= 11 is 0. The van der Waals surface area contributed by atoms with Crippen molar-refractivity contribution >= 4 is 10.8 Å². The Hall–Kier alpha value is 0.110. The molecular weight excluding hydrogens is 232 g/mol.